The topological polar surface area (TPSA) is 42.9 Å². The van der Waals surface area contributed by atoms with E-state index in [2.05, 4.69) is 9.97 Å². The van der Waals surface area contributed by atoms with E-state index in [0.717, 1.165) is 12.0 Å². The zero-order valence-corrected chi connectivity index (χ0v) is 6.90. The van der Waals surface area contributed by atoms with E-state index in [0.29, 0.717) is 12.2 Å². The summed E-state index contributed by atoms with van der Waals surface area (Å²) in [6.07, 6.45) is 6.43. The largest absolute Gasteiger partial charge is 0.303 e. The lowest BCUT2D eigenvalue weighted by molar-refractivity contribution is -0.107. The van der Waals surface area contributed by atoms with Crippen molar-refractivity contribution in [1.29, 1.82) is 0 Å². The molecule has 0 saturated heterocycles. The minimum absolute atomic E-state index is 0.414. The Bertz CT molecular complexity index is 294. The van der Waals surface area contributed by atoms with Crippen molar-refractivity contribution >= 4 is 12.4 Å². The number of aryl methyl sites for hydroxylation is 1. The zero-order chi connectivity index (χ0) is 8.81. The number of carbonyl (C=O) groups excluding carboxylic acids is 1. The van der Waals surface area contributed by atoms with Gasteiger partial charge in [-0.2, -0.15) is 0 Å². The van der Waals surface area contributed by atoms with E-state index in [1.54, 1.807) is 18.3 Å². The van der Waals surface area contributed by atoms with Crippen LogP contribution < -0.4 is 0 Å². The number of aromatic nitrogens is 2. The maximum absolute atomic E-state index is 9.97. The Kier molecular flexibility index (Phi) is 3.14. The van der Waals surface area contributed by atoms with E-state index in [1.807, 2.05) is 13.0 Å². The maximum atomic E-state index is 9.97. The van der Waals surface area contributed by atoms with Crippen molar-refractivity contribution in [3.63, 3.8) is 0 Å². The van der Waals surface area contributed by atoms with Crippen LogP contribution in [0.5, 0.6) is 0 Å². The molecular weight excluding hydrogens is 152 g/mol. The van der Waals surface area contributed by atoms with E-state index in [9.17, 15) is 4.79 Å². The van der Waals surface area contributed by atoms with Gasteiger partial charge in [0.25, 0.3) is 0 Å². The predicted molar refractivity (Wildman–Crippen MR) is 46.5 cm³/mol. The van der Waals surface area contributed by atoms with Crippen LogP contribution in [0.25, 0.3) is 6.08 Å². The fraction of sp³-hybridized carbons (Fsp3) is 0.222. The molecule has 0 aromatic carbocycles. The SMILES string of the molecule is Cc1ccnc(C=CCC=O)n1. The third kappa shape index (κ3) is 2.62. The third-order valence-corrected chi connectivity index (χ3v) is 1.31. The Morgan fingerprint density at radius 2 is 2.42 bits per heavy atom. The first-order valence-corrected chi connectivity index (χ1v) is 3.73. The highest BCUT2D eigenvalue weighted by atomic mass is 16.1. The minimum atomic E-state index is 0.414. The first-order valence-electron chi connectivity index (χ1n) is 3.73. The molecule has 0 amide bonds. The number of hydrogen-bond donors (Lipinski definition) is 0. The molecule has 0 aliphatic carbocycles. The lowest BCUT2D eigenvalue weighted by atomic mass is 10.4. The second-order valence-electron chi connectivity index (χ2n) is 2.36. The van der Waals surface area contributed by atoms with E-state index >= 15 is 0 Å². The second-order valence-corrected chi connectivity index (χ2v) is 2.36. The fourth-order valence-electron chi connectivity index (χ4n) is 0.778. The first-order chi connectivity index (χ1) is 5.83. The molecule has 3 nitrogen and oxygen atoms in total. The summed E-state index contributed by atoms with van der Waals surface area (Å²) >= 11 is 0. The second kappa shape index (κ2) is 4.38. The normalized spacial score (nSPS) is 10.4. The van der Waals surface area contributed by atoms with Crippen LogP contribution in [-0.4, -0.2) is 16.3 Å². The Labute approximate surface area is 71.2 Å². The van der Waals surface area contributed by atoms with E-state index in [-0.39, 0.29) is 0 Å². The van der Waals surface area contributed by atoms with Crippen LogP contribution in [0, 0.1) is 6.92 Å². The van der Waals surface area contributed by atoms with Crippen molar-refractivity contribution in [2.45, 2.75) is 13.3 Å². The minimum Gasteiger partial charge on any atom is -0.303 e. The van der Waals surface area contributed by atoms with Gasteiger partial charge in [-0.25, -0.2) is 9.97 Å². The quantitative estimate of drug-likeness (QED) is 0.631. The number of nitrogens with zero attached hydrogens (tertiary/aromatic N) is 2. The van der Waals surface area contributed by atoms with Crippen LogP contribution in [-0.2, 0) is 4.79 Å². The lowest BCUT2D eigenvalue weighted by Gasteiger charge is -1.92. The molecular formula is C9H10N2O. The summed E-state index contributed by atoms with van der Waals surface area (Å²) in [7, 11) is 0. The van der Waals surface area contributed by atoms with Gasteiger partial charge in [-0.1, -0.05) is 6.08 Å². The number of carbonyl (C=O) groups is 1. The highest BCUT2D eigenvalue weighted by Crippen LogP contribution is 1.96. The molecule has 1 rings (SSSR count). The highest BCUT2D eigenvalue weighted by Gasteiger charge is 1.88. The van der Waals surface area contributed by atoms with Crippen molar-refractivity contribution in [3.05, 3.63) is 29.9 Å². The summed E-state index contributed by atoms with van der Waals surface area (Å²) in [4.78, 5) is 18.1. The first kappa shape index (κ1) is 8.59. The summed E-state index contributed by atoms with van der Waals surface area (Å²) in [6.45, 7) is 1.90. The molecule has 0 saturated carbocycles. The van der Waals surface area contributed by atoms with Gasteiger partial charge in [0.05, 0.1) is 0 Å². The monoisotopic (exact) mass is 162 g/mol. The highest BCUT2D eigenvalue weighted by molar-refractivity contribution is 5.55. The van der Waals surface area contributed by atoms with Crippen LogP contribution in [0.3, 0.4) is 0 Å². The number of allylic oxidation sites excluding steroid dienone is 1. The average Bonchev–Trinajstić information content (AvgIpc) is 2.05. The van der Waals surface area contributed by atoms with Crippen LogP contribution in [0.4, 0.5) is 0 Å². The number of hydrogen-bond acceptors (Lipinski definition) is 3. The molecule has 3 heteroatoms. The van der Waals surface area contributed by atoms with Crippen LogP contribution in [0.1, 0.15) is 17.9 Å². The van der Waals surface area contributed by atoms with E-state index in [4.69, 9.17) is 0 Å². The molecule has 0 aliphatic heterocycles. The van der Waals surface area contributed by atoms with Crippen molar-refractivity contribution in [2.75, 3.05) is 0 Å². The number of aldehydes is 1. The Balaban J connectivity index is 2.69. The van der Waals surface area contributed by atoms with E-state index in [1.165, 1.54) is 0 Å². The summed E-state index contributed by atoms with van der Waals surface area (Å²) in [6, 6.07) is 1.83. The van der Waals surface area contributed by atoms with Crippen molar-refractivity contribution in [2.24, 2.45) is 0 Å². The molecule has 1 heterocycles. The smallest absolute Gasteiger partial charge is 0.151 e. The van der Waals surface area contributed by atoms with Gasteiger partial charge in [-0.05, 0) is 19.1 Å². The molecule has 0 bridgehead atoms. The Morgan fingerprint density at radius 1 is 1.58 bits per heavy atom. The molecule has 1 aromatic rings. The van der Waals surface area contributed by atoms with Gasteiger partial charge in [0.15, 0.2) is 5.82 Å². The van der Waals surface area contributed by atoms with Crippen LogP contribution in [0.2, 0.25) is 0 Å². The molecule has 0 atom stereocenters. The van der Waals surface area contributed by atoms with Gasteiger partial charge in [-0.3, -0.25) is 0 Å². The van der Waals surface area contributed by atoms with Gasteiger partial charge < -0.3 is 4.79 Å². The average molecular weight is 162 g/mol. The van der Waals surface area contributed by atoms with Crippen LogP contribution in [0.15, 0.2) is 18.3 Å². The predicted octanol–water partition coefficient (Wildman–Crippen LogP) is 1.39. The Hall–Kier alpha value is -1.51. The number of rotatable bonds is 3. The summed E-state index contributed by atoms with van der Waals surface area (Å²) < 4.78 is 0. The zero-order valence-electron chi connectivity index (χ0n) is 6.90. The maximum Gasteiger partial charge on any atom is 0.151 e. The van der Waals surface area contributed by atoms with Gasteiger partial charge in [0.1, 0.15) is 6.29 Å². The van der Waals surface area contributed by atoms with Gasteiger partial charge >= 0.3 is 0 Å². The third-order valence-electron chi connectivity index (χ3n) is 1.31. The molecule has 62 valence electrons. The molecule has 0 spiro atoms. The van der Waals surface area contributed by atoms with Gasteiger partial charge in [0, 0.05) is 18.3 Å². The van der Waals surface area contributed by atoms with Crippen molar-refractivity contribution < 1.29 is 4.79 Å². The summed E-state index contributed by atoms with van der Waals surface area (Å²) in [5.41, 5.74) is 0.927. The molecule has 0 N–H and O–H groups in total. The molecule has 1 aromatic heterocycles. The summed E-state index contributed by atoms with van der Waals surface area (Å²) in [5, 5.41) is 0. The van der Waals surface area contributed by atoms with Crippen molar-refractivity contribution in [1.82, 2.24) is 9.97 Å². The standard InChI is InChI=1S/C9H10N2O/c1-8-5-6-10-9(11-8)4-2-3-7-12/h2,4-7H,3H2,1H3. The molecule has 0 unspecified atom stereocenters. The van der Waals surface area contributed by atoms with Gasteiger partial charge in [-0.15, -0.1) is 0 Å². The fourth-order valence-corrected chi connectivity index (χ4v) is 0.778. The molecule has 12 heavy (non-hydrogen) atoms. The molecule has 0 fully saturated rings. The van der Waals surface area contributed by atoms with Crippen molar-refractivity contribution in [3.8, 4) is 0 Å². The lowest BCUT2D eigenvalue weighted by Crippen LogP contribution is -1.88. The molecule has 0 aliphatic rings. The van der Waals surface area contributed by atoms with Gasteiger partial charge in [0.2, 0.25) is 0 Å². The molecule has 0 radical (unpaired) electrons. The van der Waals surface area contributed by atoms with Crippen LogP contribution >= 0.6 is 0 Å². The Morgan fingerprint density at radius 3 is 3.08 bits per heavy atom. The summed E-state index contributed by atoms with van der Waals surface area (Å²) in [5.74, 6) is 0.650. The van der Waals surface area contributed by atoms with E-state index < -0.39 is 0 Å².